The number of aryl methyl sites for hydroxylation is 3. The molecule has 0 saturated heterocycles. The van der Waals surface area contributed by atoms with Crippen molar-refractivity contribution in [3.8, 4) is 0 Å². The van der Waals surface area contributed by atoms with E-state index < -0.39 is 0 Å². The number of hydrogen-bond acceptors (Lipinski definition) is 2. The van der Waals surface area contributed by atoms with Crippen LogP contribution in [-0.2, 0) is 0 Å². The van der Waals surface area contributed by atoms with Gasteiger partial charge in [0.2, 0.25) is 0 Å². The van der Waals surface area contributed by atoms with E-state index in [1.54, 1.807) is 0 Å². The van der Waals surface area contributed by atoms with Crippen molar-refractivity contribution in [3.63, 3.8) is 0 Å². The van der Waals surface area contributed by atoms with Crippen molar-refractivity contribution in [2.24, 2.45) is 0 Å². The zero-order chi connectivity index (χ0) is 15.4. The highest BCUT2D eigenvalue weighted by molar-refractivity contribution is 6.08. The van der Waals surface area contributed by atoms with Gasteiger partial charge in [-0.05, 0) is 57.0 Å². The summed E-state index contributed by atoms with van der Waals surface area (Å²) in [5.74, 6) is -0.0802. The van der Waals surface area contributed by atoms with Gasteiger partial charge in [0, 0.05) is 17.9 Å². The normalized spacial score (nSPS) is 10.3. The molecule has 1 amide bonds. The number of benzene rings is 2. The van der Waals surface area contributed by atoms with E-state index in [0.717, 1.165) is 34.6 Å². The van der Waals surface area contributed by atoms with Gasteiger partial charge in [-0.15, -0.1) is 0 Å². The molecular formula is C18H22N2O. The lowest BCUT2D eigenvalue weighted by atomic mass is 10.1. The SMILES string of the molecule is CCNc1ccc(C)cc1C(=O)Nc1cc(C)ccc1C. The van der Waals surface area contributed by atoms with E-state index >= 15 is 0 Å². The second-order valence-electron chi connectivity index (χ2n) is 5.35. The number of carbonyl (C=O) groups is 1. The Bertz CT molecular complexity index is 662. The lowest BCUT2D eigenvalue weighted by Crippen LogP contribution is -2.15. The van der Waals surface area contributed by atoms with Crippen molar-refractivity contribution in [3.05, 3.63) is 58.7 Å². The summed E-state index contributed by atoms with van der Waals surface area (Å²) in [6.07, 6.45) is 0. The summed E-state index contributed by atoms with van der Waals surface area (Å²) in [7, 11) is 0. The van der Waals surface area contributed by atoms with Crippen LogP contribution in [-0.4, -0.2) is 12.5 Å². The van der Waals surface area contributed by atoms with E-state index in [0.29, 0.717) is 5.56 Å². The number of anilines is 2. The molecule has 0 aliphatic heterocycles. The molecule has 21 heavy (non-hydrogen) atoms. The van der Waals surface area contributed by atoms with Crippen LogP contribution in [0.5, 0.6) is 0 Å². The van der Waals surface area contributed by atoms with Crippen molar-refractivity contribution >= 4 is 17.3 Å². The number of nitrogens with one attached hydrogen (secondary N) is 2. The van der Waals surface area contributed by atoms with Crippen LogP contribution in [0.25, 0.3) is 0 Å². The topological polar surface area (TPSA) is 41.1 Å². The minimum Gasteiger partial charge on any atom is -0.385 e. The molecule has 2 aromatic carbocycles. The molecule has 0 saturated carbocycles. The molecule has 0 atom stereocenters. The van der Waals surface area contributed by atoms with Crippen molar-refractivity contribution in [1.82, 2.24) is 0 Å². The molecule has 0 unspecified atom stereocenters. The first-order chi connectivity index (χ1) is 10.0. The maximum Gasteiger partial charge on any atom is 0.257 e. The predicted octanol–water partition coefficient (Wildman–Crippen LogP) is 4.30. The fourth-order valence-electron chi connectivity index (χ4n) is 2.25. The molecule has 0 aromatic heterocycles. The molecule has 110 valence electrons. The molecule has 3 nitrogen and oxygen atoms in total. The largest absolute Gasteiger partial charge is 0.385 e. The van der Waals surface area contributed by atoms with Crippen LogP contribution in [0.3, 0.4) is 0 Å². The Balaban J connectivity index is 2.31. The van der Waals surface area contributed by atoms with Crippen LogP contribution in [0.4, 0.5) is 11.4 Å². The van der Waals surface area contributed by atoms with E-state index in [4.69, 9.17) is 0 Å². The second kappa shape index (κ2) is 6.44. The zero-order valence-electron chi connectivity index (χ0n) is 13.1. The summed E-state index contributed by atoms with van der Waals surface area (Å²) in [6.45, 7) is 8.81. The van der Waals surface area contributed by atoms with Crippen molar-refractivity contribution in [1.29, 1.82) is 0 Å². The Morgan fingerprint density at radius 1 is 0.952 bits per heavy atom. The maximum atomic E-state index is 12.6. The van der Waals surface area contributed by atoms with Crippen LogP contribution in [0.15, 0.2) is 36.4 Å². The third kappa shape index (κ3) is 3.63. The van der Waals surface area contributed by atoms with E-state index in [2.05, 4.69) is 10.6 Å². The lowest BCUT2D eigenvalue weighted by Gasteiger charge is -2.13. The van der Waals surface area contributed by atoms with E-state index in [1.165, 1.54) is 0 Å². The molecule has 0 fully saturated rings. The van der Waals surface area contributed by atoms with Crippen molar-refractivity contribution in [2.45, 2.75) is 27.7 Å². The molecule has 0 spiro atoms. The quantitative estimate of drug-likeness (QED) is 0.878. The van der Waals surface area contributed by atoms with Gasteiger partial charge in [0.25, 0.3) is 5.91 Å². The Labute approximate surface area is 126 Å². The van der Waals surface area contributed by atoms with Crippen LogP contribution in [0.1, 0.15) is 34.0 Å². The molecule has 0 heterocycles. The van der Waals surface area contributed by atoms with Gasteiger partial charge in [0.15, 0.2) is 0 Å². The smallest absolute Gasteiger partial charge is 0.257 e. The molecule has 2 N–H and O–H groups in total. The van der Waals surface area contributed by atoms with Crippen LogP contribution < -0.4 is 10.6 Å². The van der Waals surface area contributed by atoms with Crippen LogP contribution in [0, 0.1) is 20.8 Å². The van der Waals surface area contributed by atoms with E-state index in [1.807, 2.05) is 64.1 Å². The summed E-state index contributed by atoms with van der Waals surface area (Å²) in [4.78, 5) is 12.6. The number of hydrogen-bond donors (Lipinski definition) is 2. The third-order valence-electron chi connectivity index (χ3n) is 3.43. The van der Waals surface area contributed by atoms with Gasteiger partial charge in [-0.3, -0.25) is 4.79 Å². The van der Waals surface area contributed by atoms with Gasteiger partial charge in [-0.25, -0.2) is 0 Å². The fraction of sp³-hybridized carbons (Fsp3) is 0.278. The predicted molar refractivity (Wildman–Crippen MR) is 89.2 cm³/mol. The summed E-state index contributed by atoms with van der Waals surface area (Å²) < 4.78 is 0. The highest BCUT2D eigenvalue weighted by Crippen LogP contribution is 2.21. The Kier molecular flexibility index (Phi) is 4.63. The average Bonchev–Trinajstić information content (AvgIpc) is 2.45. The highest BCUT2D eigenvalue weighted by atomic mass is 16.1. The minimum atomic E-state index is -0.0802. The average molecular weight is 282 g/mol. The molecular weight excluding hydrogens is 260 g/mol. The van der Waals surface area contributed by atoms with E-state index in [9.17, 15) is 4.79 Å². The molecule has 0 bridgehead atoms. The Morgan fingerprint density at radius 2 is 1.62 bits per heavy atom. The molecule has 0 radical (unpaired) electrons. The van der Waals surface area contributed by atoms with Gasteiger partial charge < -0.3 is 10.6 Å². The van der Waals surface area contributed by atoms with Crippen molar-refractivity contribution in [2.75, 3.05) is 17.2 Å². The zero-order valence-corrected chi connectivity index (χ0v) is 13.1. The van der Waals surface area contributed by atoms with Gasteiger partial charge in [0.1, 0.15) is 0 Å². The van der Waals surface area contributed by atoms with Crippen LogP contribution >= 0.6 is 0 Å². The Morgan fingerprint density at radius 3 is 2.33 bits per heavy atom. The number of rotatable bonds is 4. The summed E-state index contributed by atoms with van der Waals surface area (Å²) in [5, 5.41) is 6.25. The first-order valence-corrected chi connectivity index (χ1v) is 7.24. The number of carbonyl (C=O) groups excluding carboxylic acids is 1. The molecule has 0 aliphatic carbocycles. The lowest BCUT2D eigenvalue weighted by molar-refractivity contribution is 0.102. The van der Waals surface area contributed by atoms with Gasteiger partial charge in [0.05, 0.1) is 5.56 Å². The second-order valence-corrected chi connectivity index (χ2v) is 5.35. The molecule has 2 rings (SSSR count). The van der Waals surface area contributed by atoms with Crippen molar-refractivity contribution < 1.29 is 4.79 Å². The van der Waals surface area contributed by atoms with Gasteiger partial charge in [-0.2, -0.15) is 0 Å². The fourth-order valence-corrected chi connectivity index (χ4v) is 2.25. The standard InChI is InChI=1S/C18H22N2O/c1-5-19-16-9-7-12(2)10-15(16)18(21)20-17-11-13(3)6-8-14(17)4/h6-11,19H,5H2,1-4H3,(H,20,21). The molecule has 3 heteroatoms. The maximum absolute atomic E-state index is 12.6. The van der Waals surface area contributed by atoms with Gasteiger partial charge in [-0.1, -0.05) is 23.8 Å². The summed E-state index contributed by atoms with van der Waals surface area (Å²) in [5.41, 5.74) is 5.68. The molecule has 2 aromatic rings. The number of amides is 1. The van der Waals surface area contributed by atoms with E-state index in [-0.39, 0.29) is 5.91 Å². The highest BCUT2D eigenvalue weighted by Gasteiger charge is 2.12. The monoisotopic (exact) mass is 282 g/mol. The molecule has 0 aliphatic rings. The van der Waals surface area contributed by atoms with Gasteiger partial charge >= 0.3 is 0 Å². The summed E-state index contributed by atoms with van der Waals surface area (Å²) in [6, 6.07) is 11.9. The first-order valence-electron chi connectivity index (χ1n) is 7.24. The minimum absolute atomic E-state index is 0.0802. The van der Waals surface area contributed by atoms with Crippen LogP contribution in [0.2, 0.25) is 0 Å². The first kappa shape index (κ1) is 15.1. The Hall–Kier alpha value is -2.29. The third-order valence-corrected chi connectivity index (χ3v) is 3.43. The summed E-state index contributed by atoms with van der Waals surface area (Å²) >= 11 is 0.